The number of pyridine rings is 1. The van der Waals surface area contributed by atoms with Gasteiger partial charge in [-0.05, 0) is 25.1 Å². The fourth-order valence-electron chi connectivity index (χ4n) is 3.07. The number of carboxylic acids is 1. The summed E-state index contributed by atoms with van der Waals surface area (Å²) in [5.74, 6) is -1.32. The first-order chi connectivity index (χ1) is 15.6. The number of nitrogens with zero attached hydrogens (tertiary/aromatic N) is 3. The van der Waals surface area contributed by atoms with Gasteiger partial charge < -0.3 is 19.9 Å². The van der Waals surface area contributed by atoms with Crippen LogP contribution in [0.25, 0.3) is 11.0 Å². The lowest BCUT2D eigenvalue weighted by molar-refractivity contribution is -0.384. The number of aliphatic carboxylic acids is 1. The second-order valence-corrected chi connectivity index (χ2v) is 9.07. The molecule has 3 aromatic rings. The molecule has 176 valence electrons. The second kappa shape index (κ2) is 9.52. The monoisotopic (exact) mass is 478 g/mol. The largest absolute Gasteiger partial charge is 0.479 e. The first kappa shape index (κ1) is 24.1. The van der Waals surface area contributed by atoms with E-state index in [1.165, 1.54) is 38.4 Å². The third-order valence-electron chi connectivity index (χ3n) is 4.85. The van der Waals surface area contributed by atoms with Crippen LogP contribution >= 0.6 is 0 Å². The average Bonchev–Trinajstić information content (AvgIpc) is 3.23. The molecule has 0 aliphatic carbocycles. The maximum absolute atomic E-state index is 13.1. The van der Waals surface area contributed by atoms with Gasteiger partial charge in [0, 0.05) is 13.3 Å². The van der Waals surface area contributed by atoms with Crippen LogP contribution < -0.4 is 5.32 Å². The van der Waals surface area contributed by atoms with Crippen LogP contribution in [0.15, 0.2) is 53.7 Å². The number of aromatic nitrogens is 2. The van der Waals surface area contributed by atoms with E-state index in [0.717, 1.165) is 10.2 Å². The summed E-state index contributed by atoms with van der Waals surface area (Å²) in [5, 5.41) is 24.2. The molecule has 0 fully saturated rings. The van der Waals surface area contributed by atoms with Crippen molar-refractivity contribution in [1.82, 2.24) is 8.96 Å². The number of fused-ring (bicyclic) bond motifs is 1. The van der Waals surface area contributed by atoms with Crippen LogP contribution in [0, 0.1) is 10.1 Å². The standard InChI is InChI=1S/C20H22N4O8S/c1-20(19(25)26,13-32-11-10-31-2)22-17-15-8-9-23(18(15)21-12-16(17)24(27)28)33(29,30)14-6-4-3-5-7-14/h3-9,12H,10-11,13H2,1-2H3,(H,21,22)(H,25,26). The highest BCUT2D eigenvalue weighted by Gasteiger charge is 2.37. The summed E-state index contributed by atoms with van der Waals surface area (Å²) in [5.41, 5.74) is -2.57. The maximum Gasteiger partial charge on any atom is 0.331 e. The van der Waals surface area contributed by atoms with E-state index in [0.29, 0.717) is 0 Å². The zero-order chi connectivity index (χ0) is 24.2. The molecule has 2 aromatic heterocycles. The van der Waals surface area contributed by atoms with E-state index in [1.54, 1.807) is 18.2 Å². The van der Waals surface area contributed by atoms with Crippen LogP contribution in [0.3, 0.4) is 0 Å². The molecule has 1 atom stereocenters. The quantitative estimate of drug-likeness (QED) is 0.237. The molecule has 12 nitrogen and oxygen atoms in total. The summed E-state index contributed by atoms with van der Waals surface area (Å²) in [6, 6.07) is 8.93. The molecule has 0 saturated carbocycles. The number of hydrogen-bond donors (Lipinski definition) is 2. The average molecular weight is 478 g/mol. The molecule has 33 heavy (non-hydrogen) atoms. The molecule has 0 saturated heterocycles. The van der Waals surface area contributed by atoms with Gasteiger partial charge in [-0.25, -0.2) is 22.2 Å². The van der Waals surface area contributed by atoms with Crippen molar-refractivity contribution >= 4 is 38.4 Å². The lowest BCUT2D eigenvalue weighted by Gasteiger charge is -2.27. The number of carboxylic acid groups (broad SMARTS) is 1. The number of anilines is 1. The molecule has 13 heteroatoms. The summed E-state index contributed by atoms with van der Waals surface area (Å²) in [6.07, 6.45) is 2.10. The third-order valence-corrected chi connectivity index (χ3v) is 6.53. The molecule has 0 amide bonds. The van der Waals surface area contributed by atoms with Gasteiger partial charge in [-0.2, -0.15) is 0 Å². The summed E-state index contributed by atoms with van der Waals surface area (Å²) < 4.78 is 37.3. The van der Waals surface area contributed by atoms with Gasteiger partial charge >= 0.3 is 11.7 Å². The van der Waals surface area contributed by atoms with Crippen LogP contribution in [0.1, 0.15) is 6.92 Å². The number of benzene rings is 1. The first-order valence-electron chi connectivity index (χ1n) is 9.65. The van der Waals surface area contributed by atoms with Gasteiger partial charge in [-0.1, -0.05) is 18.2 Å². The van der Waals surface area contributed by atoms with Gasteiger partial charge in [0.15, 0.2) is 11.2 Å². The number of methoxy groups -OCH3 is 1. The van der Waals surface area contributed by atoms with Gasteiger partial charge in [0.05, 0.1) is 35.0 Å². The number of nitro groups is 1. The van der Waals surface area contributed by atoms with Crippen molar-refractivity contribution in [2.24, 2.45) is 0 Å². The van der Waals surface area contributed by atoms with E-state index in [9.17, 15) is 28.4 Å². The second-order valence-electron chi connectivity index (χ2n) is 7.25. The summed E-state index contributed by atoms with van der Waals surface area (Å²) in [7, 11) is -2.59. The van der Waals surface area contributed by atoms with Crippen molar-refractivity contribution < 1.29 is 32.7 Å². The summed E-state index contributed by atoms with van der Waals surface area (Å²) in [6.45, 7) is 1.31. The number of nitrogens with one attached hydrogen (secondary N) is 1. The number of ether oxygens (including phenoxy) is 2. The molecule has 2 heterocycles. The zero-order valence-electron chi connectivity index (χ0n) is 17.8. The zero-order valence-corrected chi connectivity index (χ0v) is 18.6. The van der Waals surface area contributed by atoms with Gasteiger partial charge in [-0.15, -0.1) is 0 Å². The van der Waals surface area contributed by atoms with E-state index >= 15 is 0 Å². The van der Waals surface area contributed by atoms with Crippen molar-refractivity contribution in [3.05, 3.63) is 58.9 Å². The highest BCUT2D eigenvalue weighted by atomic mass is 32.2. The van der Waals surface area contributed by atoms with Gasteiger partial charge in [0.2, 0.25) is 0 Å². The SMILES string of the molecule is COCCOCC(C)(Nc1c([N+](=O)[O-])cnc2c1ccn2S(=O)(=O)c1ccccc1)C(=O)O. The molecule has 3 rings (SSSR count). The Hall–Kier alpha value is -3.55. The van der Waals surface area contributed by atoms with Crippen LogP contribution in [0.4, 0.5) is 11.4 Å². The van der Waals surface area contributed by atoms with E-state index in [4.69, 9.17) is 9.47 Å². The predicted molar refractivity (Wildman–Crippen MR) is 118 cm³/mol. The first-order valence-corrected chi connectivity index (χ1v) is 11.1. The van der Waals surface area contributed by atoms with Crippen molar-refractivity contribution in [2.45, 2.75) is 17.4 Å². The topological polar surface area (TPSA) is 163 Å². The highest BCUT2D eigenvalue weighted by molar-refractivity contribution is 7.90. The van der Waals surface area contributed by atoms with Crippen LogP contribution in [0.5, 0.6) is 0 Å². The highest BCUT2D eigenvalue weighted by Crippen LogP contribution is 2.35. The summed E-state index contributed by atoms with van der Waals surface area (Å²) >= 11 is 0. The Morgan fingerprint density at radius 1 is 1.27 bits per heavy atom. The lowest BCUT2D eigenvalue weighted by atomic mass is 10.0. The maximum atomic E-state index is 13.1. The molecule has 0 spiro atoms. The Bertz CT molecular complexity index is 1280. The fraction of sp³-hybridized carbons (Fsp3) is 0.300. The number of rotatable bonds is 11. The Balaban J connectivity index is 2.11. The van der Waals surface area contributed by atoms with Crippen molar-refractivity contribution in [1.29, 1.82) is 0 Å². The van der Waals surface area contributed by atoms with Crippen LogP contribution in [0.2, 0.25) is 0 Å². The Labute approximate surface area is 189 Å². The van der Waals surface area contributed by atoms with Crippen molar-refractivity contribution in [2.75, 3.05) is 32.2 Å². The minimum atomic E-state index is -4.05. The molecule has 0 aliphatic rings. The van der Waals surface area contributed by atoms with E-state index < -0.39 is 32.1 Å². The molecule has 0 bridgehead atoms. The van der Waals surface area contributed by atoms with Crippen LogP contribution in [-0.2, 0) is 24.3 Å². The fourth-order valence-corrected chi connectivity index (χ4v) is 4.39. The van der Waals surface area contributed by atoms with Gasteiger partial charge in [-0.3, -0.25) is 10.1 Å². The minimum absolute atomic E-state index is 0.000852. The normalized spacial score (nSPS) is 13.5. The smallest absolute Gasteiger partial charge is 0.331 e. The minimum Gasteiger partial charge on any atom is -0.479 e. The number of hydrogen-bond acceptors (Lipinski definition) is 9. The lowest BCUT2D eigenvalue weighted by Crippen LogP contribution is -2.48. The van der Waals surface area contributed by atoms with Crippen molar-refractivity contribution in [3.8, 4) is 0 Å². The predicted octanol–water partition coefficient (Wildman–Crippen LogP) is 2.10. The Morgan fingerprint density at radius 2 is 1.97 bits per heavy atom. The van der Waals surface area contributed by atoms with E-state index in [-0.39, 0.29) is 41.4 Å². The molecular formula is C20H22N4O8S. The van der Waals surface area contributed by atoms with Crippen molar-refractivity contribution in [3.63, 3.8) is 0 Å². The molecular weight excluding hydrogens is 456 g/mol. The third kappa shape index (κ3) is 4.79. The van der Waals surface area contributed by atoms with Gasteiger partial charge in [0.1, 0.15) is 11.9 Å². The van der Waals surface area contributed by atoms with Crippen LogP contribution in [-0.4, -0.2) is 65.8 Å². The van der Waals surface area contributed by atoms with E-state index in [1.807, 2.05) is 0 Å². The molecule has 2 N–H and O–H groups in total. The number of carbonyl (C=O) groups is 1. The molecule has 0 aliphatic heterocycles. The van der Waals surface area contributed by atoms with Gasteiger partial charge in [0.25, 0.3) is 10.0 Å². The Kier molecular flexibility index (Phi) is 6.95. The summed E-state index contributed by atoms with van der Waals surface area (Å²) in [4.78, 5) is 26.9. The van der Waals surface area contributed by atoms with E-state index in [2.05, 4.69) is 10.3 Å². The molecule has 0 radical (unpaired) electrons. The molecule has 1 aromatic carbocycles. The Morgan fingerprint density at radius 3 is 2.58 bits per heavy atom. The molecule has 1 unspecified atom stereocenters.